The van der Waals surface area contributed by atoms with E-state index in [1.54, 1.807) is 12.1 Å². The number of aliphatic carboxylic acids is 1. The first kappa shape index (κ1) is 20.3. The van der Waals surface area contributed by atoms with Gasteiger partial charge in [0.1, 0.15) is 5.82 Å². The minimum Gasteiger partial charge on any atom is -0.480 e. The SMILES string of the molecule is CN(CC(=O)O)C1CCN(Cc2nc(-c3ccc(F)cc3)no2)CC1.Cl. The first-order valence-corrected chi connectivity index (χ1v) is 8.24. The molecule has 1 fully saturated rings. The summed E-state index contributed by atoms with van der Waals surface area (Å²) in [5.41, 5.74) is 0.713. The molecule has 0 saturated carbocycles. The van der Waals surface area contributed by atoms with Crippen LogP contribution in [0.4, 0.5) is 4.39 Å². The summed E-state index contributed by atoms with van der Waals surface area (Å²) >= 11 is 0. The summed E-state index contributed by atoms with van der Waals surface area (Å²) in [6, 6.07) is 6.25. The summed E-state index contributed by atoms with van der Waals surface area (Å²) in [5, 5.41) is 12.8. The number of hydrogen-bond acceptors (Lipinski definition) is 6. The number of likely N-dealkylation sites (N-methyl/N-ethyl adjacent to an activating group) is 1. The fourth-order valence-electron chi connectivity index (χ4n) is 3.09. The second-order valence-electron chi connectivity index (χ2n) is 6.33. The van der Waals surface area contributed by atoms with Gasteiger partial charge in [-0.3, -0.25) is 14.6 Å². The molecule has 7 nitrogen and oxygen atoms in total. The Bertz CT molecular complexity index is 717. The van der Waals surface area contributed by atoms with Gasteiger partial charge in [0.15, 0.2) is 0 Å². The molecule has 1 saturated heterocycles. The lowest BCUT2D eigenvalue weighted by atomic mass is 10.0. The van der Waals surface area contributed by atoms with Crippen molar-refractivity contribution in [1.82, 2.24) is 19.9 Å². The van der Waals surface area contributed by atoms with Crippen molar-refractivity contribution in [1.29, 1.82) is 0 Å². The Kier molecular flexibility index (Phi) is 7.07. The minimum absolute atomic E-state index is 0. The third kappa shape index (κ3) is 5.23. The Morgan fingerprint density at radius 3 is 2.62 bits per heavy atom. The van der Waals surface area contributed by atoms with Gasteiger partial charge in [-0.05, 0) is 44.2 Å². The molecule has 3 rings (SSSR count). The Balaban J connectivity index is 0.00000243. The Hall–Kier alpha value is -2.03. The Morgan fingerprint density at radius 1 is 1.35 bits per heavy atom. The summed E-state index contributed by atoms with van der Waals surface area (Å²) in [6.07, 6.45) is 1.81. The van der Waals surface area contributed by atoms with Crippen LogP contribution < -0.4 is 0 Å². The van der Waals surface area contributed by atoms with E-state index >= 15 is 0 Å². The first-order valence-electron chi connectivity index (χ1n) is 8.24. The van der Waals surface area contributed by atoms with Crippen LogP contribution in [0, 0.1) is 5.82 Å². The molecule has 1 aliphatic rings. The first-order chi connectivity index (χ1) is 12.0. The number of nitrogens with zero attached hydrogens (tertiary/aromatic N) is 4. The van der Waals surface area contributed by atoms with E-state index in [-0.39, 0.29) is 30.8 Å². The van der Waals surface area contributed by atoms with Gasteiger partial charge in [-0.1, -0.05) is 5.16 Å². The monoisotopic (exact) mass is 384 g/mol. The predicted molar refractivity (Wildman–Crippen MR) is 95.5 cm³/mol. The van der Waals surface area contributed by atoms with Crippen molar-refractivity contribution in [2.45, 2.75) is 25.4 Å². The molecule has 0 spiro atoms. The van der Waals surface area contributed by atoms with Gasteiger partial charge in [-0.15, -0.1) is 12.4 Å². The van der Waals surface area contributed by atoms with Crippen molar-refractivity contribution in [2.75, 3.05) is 26.7 Å². The standard InChI is InChI=1S/C17H21FN4O3.ClH/c1-21(11-16(23)24)14-6-8-22(9-7-14)10-15-19-17(20-25-15)12-2-4-13(18)5-3-12;/h2-5,14H,6-11H2,1H3,(H,23,24);1H. The topological polar surface area (TPSA) is 82.7 Å². The average Bonchev–Trinajstić information content (AvgIpc) is 3.04. The quantitative estimate of drug-likeness (QED) is 0.818. The molecule has 142 valence electrons. The highest BCUT2D eigenvalue weighted by atomic mass is 35.5. The Morgan fingerprint density at radius 2 is 2.00 bits per heavy atom. The van der Waals surface area contributed by atoms with E-state index in [4.69, 9.17) is 9.63 Å². The van der Waals surface area contributed by atoms with Crippen LogP contribution in [0.2, 0.25) is 0 Å². The number of benzene rings is 1. The summed E-state index contributed by atoms with van der Waals surface area (Å²) in [6.45, 7) is 2.32. The number of carboxylic acids is 1. The molecule has 1 N–H and O–H groups in total. The number of piperidine rings is 1. The van der Waals surface area contributed by atoms with Crippen molar-refractivity contribution in [2.24, 2.45) is 0 Å². The van der Waals surface area contributed by atoms with E-state index in [1.165, 1.54) is 12.1 Å². The molecule has 1 aromatic heterocycles. The number of hydrogen-bond donors (Lipinski definition) is 1. The number of carbonyl (C=O) groups is 1. The molecule has 0 radical (unpaired) electrons. The van der Waals surface area contributed by atoms with E-state index in [1.807, 2.05) is 11.9 Å². The molecule has 2 aromatic rings. The van der Waals surface area contributed by atoms with E-state index < -0.39 is 5.97 Å². The van der Waals surface area contributed by atoms with Crippen molar-refractivity contribution >= 4 is 18.4 Å². The molecule has 0 unspecified atom stereocenters. The smallest absolute Gasteiger partial charge is 0.317 e. The fraction of sp³-hybridized carbons (Fsp3) is 0.471. The van der Waals surface area contributed by atoms with E-state index in [2.05, 4.69) is 15.0 Å². The fourth-order valence-corrected chi connectivity index (χ4v) is 3.09. The highest BCUT2D eigenvalue weighted by molar-refractivity contribution is 5.85. The predicted octanol–water partition coefficient (Wildman–Crippen LogP) is 2.28. The molecule has 1 aliphatic heterocycles. The number of carboxylic acid groups (broad SMARTS) is 1. The van der Waals surface area contributed by atoms with Gasteiger partial charge < -0.3 is 9.63 Å². The van der Waals surface area contributed by atoms with Gasteiger partial charge in [-0.2, -0.15) is 4.98 Å². The largest absolute Gasteiger partial charge is 0.480 e. The van der Waals surface area contributed by atoms with Gasteiger partial charge in [0.05, 0.1) is 13.1 Å². The third-order valence-corrected chi connectivity index (χ3v) is 4.49. The zero-order valence-corrected chi connectivity index (χ0v) is 15.3. The third-order valence-electron chi connectivity index (χ3n) is 4.49. The second-order valence-corrected chi connectivity index (χ2v) is 6.33. The molecule has 1 aromatic carbocycles. The van der Waals surface area contributed by atoms with Gasteiger partial charge in [-0.25, -0.2) is 4.39 Å². The van der Waals surface area contributed by atoms with Gasteiger partial charge in [0, 0.05) is 24.7 Å². The van der Waals surface area contributed by atoms with Crippen molar-refractivity contribution in [3.05, 3.63) is 36.0 Å². The lowest BCUT2D eigenvalue weighted by Crippen LogP contribution is -2.44. The molecular formula is C17H22ClFN4O3. The number of aromatic nitrogens is 2. The molecule has 2 heterocycles. The van der Waals surface area contributed by atoms with E-state index in [0.717, 1.165) is 25.9 Å². The molecule has 0 atom stereocenters. The molecule has 26 heavy (non-hydrogen) atoms. The van der Waals surface area contributed by atoms with Crippen LogP contribution >= 0.6 is 12.4 Å². The lowest BCUT2D eigenvalue weighted by molar-refractivity contribution is -0.138. The zero-order valence-electron chi connectivity index (χ0n) is 14.5. The van der Waals surface area contributed by atoms with Crippen LogP contribution in [0.3, 0.4) is 0 Å². The van der Waals surface area contributed by atoms with Crippen LogP contribution in [-0.4, -0.2) is 63.7 Å². The summed E-state index contributed by atoms with van der Waals surface area (Å²) < 4.78 is 18.3. The molecule has 9 heteroatoms. The van der Waals surface area contributed by atoms with Gasteiger partial charge in [0.2, 0.25) is 11.7 Å². The number of halogens is 2. The molecule has 0 aliphatic carbocycles. The number of rotatable bonds is 6. The van der Waals surface area contributed by atoms with Crippen LogP contribution in [0.15, 0.2) is 28.8 Å². The maximum atomic E-state index is 13.0. The van der Waals surface area contributed by atoms with Crippen molar-refractivity contribution in [3.8, 4) is 11.4 Å². The highest BCUT2D eigenvalue weighted by Crippen LogP contribution is 2.19. The van der Waals surface area contributed by atoms with Crippen LogP contribution in [0.25, 0.3) is 11.4 Å². The van der Waals surface area contributed by atoms with Crippen LogP contribution in [0.5, 0.6) is 0 Å². The van der Waals surface area contributed by atoms with Gasteiger partial charge in [0.25, 0.3) is 0 Å². The highest BCUT2D eigenvalue weighted by Gasteiger charge is 2.24. The van der Waals surface area contributed by atoms with E-state index in [0.29, 0.717) is 23.8 Å². The maximum absolute atomic E-state index is 13.0. The lowest BCUT2D eigenvalue weighted by Gasteiger charge is -2.35. The number of likely N-dealkylation sites (tertiary alicyclic amines) is 1. The Labute approximate surface area is 157 Å². The van der Waals surface area contributed by atoms with Gasteiger partial charge >= 0.3 is 5.97 Å². The zero-order chi connectivity index (χ0) is 17.8. The van der Waals surface area contributed by atoms with Crippen LogP contribution in [0.1, 0.15) is 18.7 Å². The maximum Gasteiger partial charge on any atom is 0.317 e. The molecule has 0 amide bonds. The van der Waals surface area contributed by atoms with Crippen molar-refractivity contribution in [3.63, 3.8) is 0 Å². The van der Waals surface area contributed by atoms with Crippen molar-refractivity contribution < 1.29 is 18.8 Å². The summed E-state index contributed by atoms with van der Waals surface area (Å²) in [5.74, 6) is -0.130. The molecule has 0 bridgehead atoms. The summed E-state index contributed by atoms with van der Waals surface area (Å²) in [4.78, 5) is 19.3. The van der Waals surface area contributed by atoms with E-state index in [9.17, 15) is 9.18 Å². The minimum atomic E-state index is -0.802. The summed E-state index contributed by atoms with van der Waals surface area (Å²) in [7, 11) is 1.85. The second kappa shape index (κ2) is 9.07. The molecular weight excluding hydrogens is 363 g/mol. The normalized spacial score (nSPS) is 15.8. The average molecular weight is 385 g/mol. The van der Waals surface area contributed by atoms with Crippen LogP contribution in [-0.2, 0) is 11.3 Å².